The van der Waals surface area contributed by atoms with Crippen molar-refractivity contribution in [2.45, 2.75) is 19.3 Å². The lowest BCUT2D eigenvalue weighted by atomic mass is 10.1. The van der Waals surface area contributed by atoms with Gasteiger partial charge in [0.05, 0.1) is 23.5 Å². The van der Waals surface area contributed by atoms with E-state index in [4.69, 9.17) is 0 Å². The highest BCUT2D eigenvalue weighted by molar-refractivity contribution is 9.10. The van der Waals surface area contributed by atoms with Crippen LogP contribution < -0.4 is 15.1 Å². The number of rotatable bonds is 4. The molecular weight excluding hydrogens is 408 g/mol. The Kier molecular flexibility index (Phi) is 5.11. The Morgan fingerprint density at radius 2 is 1.93 bits per heavy atom. The summed E-state index contributed by atoms with van der Waals surface area (Å²) < 4.78 is 0.846. The van der Waals surface area contributed by atoms with Gasteiger partial charge in [0.25, 0.3) is 0 Å². The van der Waals surface area contributed by atoms with Crippen LogP contribution in [0, 0.1) is 5.92 Å². The molecule has 0 aliphatic carbocycles. The van der Waals surface area contributed by atoms with Gasteiger partial charge in [-0.3, -0.25) is 9.59 Å². The van der Waals surface area contributed by atoms with Gasteiger partial charge in [0.1, 0.15) is 5.82 Å². The number of anilines is 3. The van der Waals surface area contributed by atoms with Gasteiger partial charge in [-0.25, -0.2) is 4.98 Å². The molecule has 140 valence electrons. The van der Waals surface area contributed by atoms with Crippen LogP contribution in [-0.2, 0) is 9.59 Å². The van der Waals surface area contributed by atoms with Crippen LogP contribution in [0.3, 0.4) is 0 Å². The summed E-state index contributed by atoms with van der Waals surface area (Å²) in [6.07, 6.45) is 4.43. The monoisotopic (exact) mass is 428 g/mol. The van der Waals surface area contributed by atoms with Gasteiger partial charge < -0.3 is 15.1 Å². The predicted molar refractivity (Wildman–Crippen MR) is 109 cm³/mol. The quantitative estimate of drug-likeness (QED) is 0.809. The number of carbonyl (C=O) groups excluding carboxylic acids is 2. The zero-order valence-electron chi connectivity index (χ0n) is 14.9. The number of benzene rings is 1. The number of pyridine rings is 1. The first-order valence-electron chi connectivity index (χ1n) is 9.18. The standard InChI is InChI=1S/C20H21BrN4O2/c21-16-5-1-2-6-17(16)25-13-14(11-19(25)26)20(27)23-18-8-7-15(12-22-18)24-9-3-4-10-24/h1-2,5-8,12,14H,3-4,9-11,13H2,(H,22,23,27). The highest BCUT2D eigenvalue weighted by Gasteiger charge is 2.35. The van der Waals surface area contributed by atoms with E-state index in [1.165, 1.54) is 12.8 Å². The van der Waals surface area contributed by atoms with Gasteiger partial charge in [-0.15, -0.1) is 0 Å². The normalized spacial score (nSPS) is 19.6. The molecule has 2 fully saturated rings. The SMILES string of the molecule is O=C(Nc1ccc(N2CCCC2)cn1)C1CC(=O)N(c2ccccc2Br)C1. The Morgan fingerprint density at radius 1 is 1.15 bits per heavy atom. The summed E-state index contributed by atoms with van der Waals surface area (Å²) in [5.41, 5.74) is 1.88. The van der Waals surface area contributed by atoms with E-state index < -0.39 is 0 Å². The maximum atomic E-state index is 12.6. The van der Waals surface area contributed by atoms with Crippen molar-refractivity contribution in [3.05, 3.63) is 47.1 Å². The molecule has 0 bridgehead atoms. The third-order valence-corrected chi connectivity index (χ3v) is 5.78. The minimum Gasteiger partial charge on any atom is -0.370 e. The summed E-state index contributed by atoms with van der Waals surface area (Å²) in [4.78, 5) is 33.3. The summed E-state index contributed by atoms with van der Waals surface area (Å²) >= 11 is 3.47. The van der Waals surface area contributed by atoms with Gasteiger partial charge in [-0.05, 0) is 53.0 Å². The van der Waals surface area contributed by atoms with E-state index in [0.717, 1.165) is 28.9 Å². The Hall–Kier alpha value is -2.41. The molecule has 1 aromatic carbocycles. The average molecular weight is 429 g/mol. The van der Waals surface area contributed by atoms with Crippen molar-refractivity contribution in [3.8, 4) is 0 Å². The van der Waals surface area contributed by atoms with Crippen molar-refractivity contribution in [1.82, 2.24) is 4.98 Å². The maximum absolute atomic E-state index is 12.6. The Labute approximate surface area is 166 Å². The molecule has 2 aromatic rings. The van der Waals surface area contributed by atoms with Crippen molar-refractivity contribution in [3.63, 3.8) is 0 Å². The lowest BCUT2D eigenvalue weighted by molar-refractivity contribution is -0.122. The van der Waals surface area contributed by atoms with Gasteiger partial charge in [0, 0.05) is 30.5 Å². The van der Waals surface area contributed by atoms with Gasteiger partial charge in [0.15, 0.2) is 0 Å². The van der Waals surface area contributed by atoms with E-state index in [9.17, 15) is 9.59 Å². The zero-order chi connectivity index (χ0) is 18.8. The topological polar surface area (TPSA) is 65.5 Å². The third-order valence-electron chi connectivity index (χ3n) is 5.11. The number of hydrogen-bond acceptors (Lipinski definition) is 4. The van der Waals surface area contributed by atoms with Gasteiger partial charge in [-0.2, -0.15) is 0 Å². The zero-order valence-corrected chi connectivity index (χ0v) is 16.5. The minimum absolute atomic E-state index is 0.0422. The Bertz CT molecular complexity index is 849. The molecule has 1 atom stereocenters. The molecule has 0 radical (unpaired) electrons. The Morgan fingerprint density at radius 3 is 2.63 bits per heavy atom. The fourth-order valence-corrected chi connectivity index (χ4v) is 4.14. The number of nitrogens with zero attached hydrogens (tertiary/aromatic N) is 3. The van der Waals surface area contributed by atoms with Crippen LogP contribution in [0.4, 0.5) is 17.2 Å². The lowest BCUT2D eigenvalue weighted by Crippen LogP contribution is -2.28. The van der Waals surface area contributed by atoms with Crippen LogP contribution in [0.25, 0.3) is 0 Å². The number of nitrogens with one attached hydrogen (secondary N) is 1. The summed E-state index contributed by atoms with van der Waals surface area (Å²) in [6.45, 7) is 2.49. The molecule has 1 aromatic heterocycles. The fourth-order valence-electron chi connectivity index (χ4n) is 3.64. The molecule has 6 nitrogen and oxygen atoms in total. The van der Waals surface area contributed by atoms with E-state index >= 15 is 0 Å². The molecule has 2 aliphatic rings. The number of hydrogen-bond donors (Lipinski definition) is 1. The molecule has 0 spiro atoms. The van der Waals surface area contributed by atoms with Gasteiger partial charge >= 0.3 is 0 Å². The lowest BCUT2D eigenvalue weighted by Gasteiger charge is -2.18. The summed E-state index contributed by atoms with van der Waals surface area (Å²) in [5.74, 6) is -0.0712. The molecule has 27 heavy (non-hydrogen) atoms. The van der Waals surface area contributed by atoms with Crippen LogP contribution in [0.15, 0.2) is 47.1 Å². The third kappa shape index (κ3) is 3.83. The first kappa shape index (κ1) is 18.0. The molecule has 7 heteroatoms. The highest BCUT2D eigenvalue weighted by Crippen LogP contribution is 2.31. The van der Waals surface area contributed by atoms with Crippen molar-refractivity contribution in [2.24, 2.45) is 5.92 Å². The van der Waals surface area contributed by atoms with E-state index in [1.54, 1.807) is 11.1 Å². The summed E-state index contributed by atoms with van der Waals surface area (Å²) in [5, 5.41) is 2.85. The van der Waals surface area contributed by atoms with E-state index in [0.29, 0.717) is 12.4 Å². The van der Waals surface area contributed by atoms with Gasteiger partial charge in [-0.1, -0.05) is 12.1 Å². The van der Waals surface area contributed by atoms with Gasteiger partial charge in [0.2, 0.25) is 11.8 Å². The molecule has 0 saturated carbocycles. The number of carbonyl (C=O) groups is 2. The first-order valence-corrected chi connectivity index (χ1v) is 9.98. The molecule has 2 saturated heterocycles. The highest BCUT2D eigenvalue weighted by atomic mass is 79.9. The molecule has 1 unspecified atom stereocenters. The molecular formula is C20H21BrN4O2. The largest absolute Gasteiger partial charge is 0.370 e. The number of para-hydroxylation sites is 1. The molecule has 1 N–H and O–H groups in total. The van der Waals surface area contributed by atoms with Crippen LogP contribution in [0.2, 0.25) is 0 Å². The molecule has 4 rings (SSSR count). The van der Waals surface area contributed by atoms with E-state index in [-0.39, 0.29) is 24.2 Å². The van der Waals surface area contributed by atoms with Crippen molar-refractivity contribution in [2.75, 3.05) is 34.8 Å². The van der Waals surface area contributed by atoms with Crippen LogP contribution >= 0.6 is 15.9 Å². The summed E-state index contributed by atoms with van der Waals surface area (Å²) in [6, 6.07) is 11.4. The fraction of sp³-hybridized carbons (Fsp3) is 0.350. The maximum Gasteiger partial charge on any atom is 0.230 e. The Balaban J connectivity index is 1.40. The number of aromatic nitrogens is 1. The second-order valence-electron chi connectivity index (χ2n) is 6.94. The number of amides is 2. The molecule has 3 heterocycles. The molecule has 2 aliphatic heterocycles. The first-order chi connectivity index (χ1) is 13.1. The second kappa shape index (κ2) is 7.68. The van der Waals surface area contributed by atoms with Crippen molar-refractivity contribution in [1.29, 1.82) is 0 Å². The second-order valence-corrected chi connectivity index (χ2v) is 7.80. The average Bonchev–Trinajstić information content (AvgIpc) is 3.33. The molecule has 2 amide bonds. The minimum atomic E-state index is -0.385. The number of halogens is 1. The van der Waals surface area contributed by atoms with Crippen LogP contribution in [-0.4, -0.2) is 36.4 Å². The summed E-state index contributed by atoms with van der Waals surface area (Å²) in [7, 11) is 0. The van der Waals surface area contributed by atoms with Crippen molar-refractivity contribution < 1.29 is 9.59 Å². The van der Waals surface area contributed by atoms with E-state index in [1.807, 2.05) is 36.4 Å². The van der Waals surface area contributed by atoms with Crippen LogP contribution in [0.5, 0.6) is 0 Å². The van der Waals surface area contributed by atoms with Crippen LogP contribution in [0.1, 0.15) is 19.3 Å². The van der Waals surface area contributed by atoms with E-state index in [2.05, 4.69) is 31.1 Å². The predicted octanol–water partition coefficient (Wildman–Crippen LogP) is 3.44. The smallest absolute Gasteiger partial charge is 0.230 e. The van der Waals surface area contributed by atoms with Crippen molar-refractivity contribution >= 4 is 44.9 Å².